The van der Waals surface area contributed by atoms with Gasteiger partial charge < -0.3 is 5.32 Å². The molecule has 2 atom stereocenters. The van der Waals surface area contributed by atoms with E-state index < -0.39 is 0 Å². The molecule has 1 aromatic rings. The van der Waals surface area contributed by atoms with Crippen LogP contribution in [0.15, 0.2) is 6.07 Å². The third-order valence-electron chi connectivity index (χ3n) is 3.62. The van der Waals surface area contributed by atoms with E-state index in [1.807, 2.05) is 19.9 Å². The van der Waals surface area contributed by atoms with Crippen LogP contribution >= 0.6 is 0 Å². The highest BCUT2D eigenvalue weighted by molar-refractivity contribution is 5.93. The van der Waals surface area contributed by atoms with Crippen LogP contribution < -0.4 is 10.6 Å². The molecule has 19 heavy (non-hydrogen) atoms. The predicted octanol–water partition coefficient (Wildman–Crippen LogP) is 1.81. The van der Waals surface area contributed by atoms with Crippen molar-refractivity contribution in [1.29, 1.82) is 0 Å². The average molecular weight is 262 g/mol. The summed E-state index contributed by atoms with van der Waals surface area (Å²) < 4.78 is 0. The third kappa shape index (κ3) is 3.73. The molecule has 1 saturated heterocycles. The summed E-state index contributed by atoms with van der Waals surface area (Å²) in [7, 11) is 0. The Morgan fingerprint density at radius 2 is 2.11 bits per heavy atom. The Bertz CT molecular complexity index is 441. The van der Waals surface area contributed by atoms with Gasteiger partial charge in [0.25, 0.3) is 0 Å². The van der Waals surface area contributed by atoms with Gasteiger partial charge in [0.2, 0.25) is 11.9 Å². The number of nitrogens with zero attached hydrogens (tertiary/aromatic N) is 2. The molecule has 0 radical (unpaired) electrons. The van der Waals surface area contributed by atoms with E-state index in [4.69, 9.17) is 0 Å². The van der Waals surface area contributed by atoms with E-state index in [1.165, 1.54) is 0 Å². The summed E-state index contributed by atoms with van der Waals surface area (Å²) in [6.07, 6.45) is 3.18. The fourth-order valence-electron chi connectivity index (χ4n) is 2.55. The maximum absolute atomic E-state index is 12.2. The number of rotatable bonds is 3. The Labute approximate surface area is 114 Å². The van der Waals surface area contributed by atoms with Crippen LogP contribution in [0.4, 0.5) is 5.95 Å². The molecular formula is C14H22N4O. The quantitative estimate of drug-likeness (QED) is 0.872. The second kappa shape index (κ2) is 6.10. The first-order valence-corrected chi connectivity index (χ1v) is 6.95. The van der Waals surface area contributed by atoms with Crippen molar-refractivity contribution in [3.05, 3.63) is 17.5 Å². The molecular weight excluding hydrogens is 240 g/mol. The first-order chi connectivity index (χ1) is 9.08. The van der Waals surface area contributed by atoms with Crippen LogP contribution in [-0.2, 0) is 4.79 Å². The summed E-state index contributed by atoms with van der Waals surface area (Å²) in [6.45, 7) is 6.88. The second-order valence-electron chi connectivity index (χ2n) is 5.27. The molecule has 2 unspecified atom stereocenters. The number of hydrogen-bond acceptors (Lipinski definition) is 4. The normalized spacial score (nSPS) is 23.1. The molecule has 1 aromatic heterocycles. The average Bonchev–Trinajstić information content (AvgIpc) is 2.37. The van der Waals surface area contributed by atoms with Gasteiger partial charge in [0, 0.05) is 11.4 Å². The first-order valence-electron chi connectivity index (χ1n) is 6.95. The van der Waals surface area contributed by atoms with Crippen molar-refractivity contribution in [2.75, 3.05) is 11.9 Å². The van der Waals surface area contributed by atoms with E-state index in [2.05, 4.69) is 27.5 Å². The van der Waals surface area contributed by atoms with Crippen molar-refractivity contribution in [2.24, 2.45) is 5.92 Å². The molecule has 1 aliphatic heterocycles. The second-order valence-corrected chi connectivity index (χ2v) is 5.27. The van der Waals surface area contributed by atoms with E-state index in [1.54, 1.807) is 0 Å². The summed E-state index contributed by atoms with van der Waals surface area (Å²) in [5.41, 5.74) is 1.73. The Hall–Kier alpha value is -1.49. The number of anilines is 1. The molecule has 0 aromatic carbocycles. The molecule has 104 valence electrons. The number of hydrogen-bond donors (Lipinski definition) is 2. The first kappa shape index (κ1) is 13.9. The minimum atomic E-state index is -0.122. The summed E-state index contributed by atoms with van der Waals surface area (Å²) in [5.74, 6) is 1.02. The topological polar surface area (TPSA) is 66.9 Å². The Balaban J connectivity index is 2.00. The van der Waals surface area contributed by atoms with Crippen molar-refractivity contribution >= 4 is 11.9 Å². The van der Waals surface area contributed by atoms with Crippen LogP contribution in [0.2, 0.25) is 0 Å². The summed E-state index contributed by atoms with van der Waals surface area (Å²) in [6, 6.07) is 1.77. The highest BCUT2D eigenvalue weighted by Crippen LogP contribution is 2.19. The zero-order valence-electron chi connectivity index (χ0n) is 11.9. The highest BCUT2D eigenvalue weighted by Gasteiger charge is 2.26. The van der Waals surface area contributed by atoms with Gasteiger partial charge in [-0.2, -0.15) is 0 Å². The van der Waals surface area contributed by atoms with Gasteiger partial charge in [-0.3, -0.25) is 10.1 Å². The number of carbonyl (C=O) groups excluding carboxylic acids is 1. The van der Waals surface area contributed by atoms with Crippen LogP contribution in [-0.4, -0.2) is 28.5 Å². The maximum atomic E-state index is 12.2. The summed E-state index contributed by atoms with van der Waals surface area (Å²) in [5, 5.41) is 6.08. The standard InChI is InChI=1S/C14H22N4O/c1-4-11-5-6-15-12(8-11)13(19)18-14-16-9(2)7-10(3)17-14/h7,11-12,15H,4-6,8H2,1-3H3,(H,16,17,18,19). The molecule has 0 saturated carbocycles. The molecule has 2 N–H and O–H groups in total. The van der Waals surface area contributed by atoms with E-state index in [9.17, 15) is 4.79 Å². The monoisotopic (exact) mass is 262 g/mol. The molecule has 2 rings (SSSR count). The Morgan fingerprint density at radius 3 is 2.74 bits per heavy atom. The molecule has 1 aliphatic rings. The predicted molar refractivity (Wildman–Crippen MR) is 74.9 cm³/mol. The molecule has 2 heterocycles. The number of amides is 1. The van der Waals surface area contributed by atoms with E-state index in [-0.39, 0.29) is 11.9 Å². The van der Waals surface area contributed by atoms with Crippen molar-refractivity contribution in [3.8, 4) is 0 Å². The van der Waals surface area contributed by atoms with Crippen molar-refractivity contribution in [2.45, 2.75) is 46.1 Å². The van der Waals surface area contributed by atoms with Crippen LogP contribution in [0.3, 0.4) is 0 Å². The van der Waals surface area contributed by atoms with E-state index >= 15 is 0 Å². The highest BCUT2D eigenvalue weighted by atomic mass is 16.2. The van der Waals surface area contributed by atoms with Crippen LogP contribution in [0.25, 0.3) is 0 Å². The molecule has 0 bridgehead atoms. The van der Waals surface area contributed by atoms with Gasteiger partial charge in [0.05, 0.1) is 6.04 Å². The molecule has 1 fully saturated rings. The van der Waals surface area contributed by atoms with Gasteiger partial charge in [0.15, 0.2) is 0 Å². The Morgan fingerprint density at radius 1 is 1.42 bits per heavy atom. The van der Waals surface area contributed by atoms with Gasteiger partial charge in [-0.25, -0.2) is 9.97 Å². The maximum Gasteiger partial charge on any atom is 0.243 e. The van der Waals surface area contributed by atoms with Crippen molar-refractivity contribution < 1.29 is 4.79 Å². The lowest BCUT2D eigenvalue weighted by Gasteiger charge is -2.28. The molecule has 5 nitrogen and oxygen atoms in total. The lowest BCUT2D eigenvalue weighted by molar-refractivity contribution is -0.119. The van der Waals surface area contributed by atoms with Crippen LogP contribution in [0.1, 0.15) is 37.6 Å². The molecule has 1 amide bonds. The van der Waals surface area contributed by atoms with Crippen molar-refractivity contribution in [3.63, 3.8) is 0 Å². The minimum Gasteiger partial charge on any atom is -0.306 e. The number of carbonyl (C=O) groups is 1. The fourth-order valence-corrected chi connectivity index (χ4v) is 2.55. The lowest BCUT2D eigenvalue weighted by atomic mass is 9.90. The third-order valence-corrected chi connectivity index (χ3v) is 3.62. The zero-order valence-corrected chi connectivity index (χ0v) is 11.9. The lowest BCUT2D eigenvalue weighted by Crippen LogP contribution is -2.46. The van der Waals surface area contributed by atoms with Crippen LogP contribution in [0.5, 0.6) is 0 Å². The largest absolute Gasteiger partial charge is 0.306 e. The van der Waals surface area contributed by atoms with Gasteiger partial charge in [0.1, 0.15) is 0 Å². The van der Waals surface area contributed by atoms with E-state index in [0.29, 0.717) is 11.9 Å². The van der Waals surface area contributed by atoms with Gasteiger partial charge in [-0.05, 0) is 45.2 Å². The molecule has 5 heteroatoms. The zero-order chi connectivity index (χ0) is 13.8. The molecule has 0 aliphatic carbocycles. The molecule has 0 spiro atoms. The Kier molecular flexibility index (Phi) is 4.47. The van der Waals surface area contributed by atoms with Gasteiger partial charge in [-0.15, -0.1) is 0 Å². The fraction of sp³-hybridized carbons (Fsp3) is 0.643. The van der Waals surface area contributed by atoms with Crippen LogP contribution in [0, 0.1) is 19.8 Å². The summed E-state index contributed by atoms with van der Waals surface area (Å²) >= 11 is 0. The number of piperidine rings is 1. The SMILES string of the molecule is CCC1CCNC(C(=O)Nc2nc(C)cc(C)n2)C1. The minimum absolute atomic E-state index is 0.0249. The van der Waals surface area contributed by atoms with Gasteiger partial charge in [-0.1, -0.05) is 13.3 Å². The number of nitrogens with one attached hydrogen (secondary N) is 2. The number of aryl methyl sites for hydroxylation is 2. The number of aromatic nitrogens is 2. The smallest absolute Gasteiger partial charge is 0.243 e. The van der Waals surface area contributed by atoms with Crippen molar-refractivity contribution in [1.82, 2.24) is 15.3 Å². The van der Waals surface area contributed by atoms with Gasteiger partial charge >= 0.3 is 0 Å². The van der Waals surface area contributed by atoms with E-state index in [0.717, 1.165) is 37.2 Å². The summed E-state index contributed by atoms with van der Waals surface area (Å²) in [4.78, 5) is 20.7.